The molecular weight excluding hydrogens is 330 g/mol. The second-order valence-electron chi connectivity index (χ2n) is 4.88. The van der Waals surface area contributed by atoms with E-state index >= 15 is 0 Å². The van der Waals surface area contributed by atoms with Gasteiger partial charge in [-0.2, -0.15) is 0 Å². The van der Waals surface area contributed by atoms with E-state index in [9.17, 15) is 0 Å². The number of methoxy groups -OCH3 is 1. The lowest BCUT2D eigenvalue weighted by Gasteiger charge is -2.13. The van der Waals surface area contributed by atoms with Gasteiger partial charge in [0.25, 0.3) is 0 Å². The number of hydrogen-bond acceptors (Lipinski definition) is 3. The van der Waals surface area contributed by atoms with Gasteiger partial charge in [-0.1, -0.05) is 24.3 Å². The largest absolute Gasteiger partial charge is 0.496 e. The maximum absolute atomic E-state index is 6.16. The van der Waals surface area contributed by atoms with Crippen molar-refractivity contribution in [3.63, 3.8) is 0 Å². The maximum Gasteiger partial charge on any atom is 0.133 e. The van der Waals surface area contributed by atoms with E-state index in [2.05, 4.69) is 22.0 Å². The Morgan fingerprint density at radius 3 is 2.57 bits per heavy atom. The van der Waals surface area contributed by atoms with Crippen LogP contribution in [0.25, 0.3) is 0 Å². The molecule has 0 aliphatic rings. The molecule has 0 heterocycles. The Bertz CT molecular complexity index is 560. The molecule has 0 saturated carbocycles. The van der Waals surface area contributed by atoms with Gasteiger partial charge in [-0.05, 0) is 58.6 Å². The molecule has 0 bridgehead atoms. The lowest BCUT2D eigenvalue weighted by Crippen LogP contribution is -2.25. The first-order chi connectivity index (χ1) is 10.2. The van der Waals surface area contributed by atoms with Gasteiger partial charge in [-0.25, -0.2) is 0 Å². The molecular formula is C17H20BrNO2. The number of benzene rings is 2. The van der Waals surface area contributed by atoms with Crippen molar-refractivity contribution in [3.05, 3.63) is 58.6 Å². The molecule has 2 aromatic carbocycles. The second kappa shape index (κ2) is 8.05. The Morgan fingerprint density at radius 1 is 1.14 bits per heavy atom. The van der Waals surface area contributed by atoms with E-state index in [1.807, 2.05) is 42.5 Å². The molecule has 0 fully saturated rings. The molecule has 2 N–H and O–H groups in total. The minimum Gasteiger partial charge on any atom is -0.496 e. The summed E-state index contributed by atoms with van der Waals surface area (Å²) >= 11 is 3.49. The summed E-state index contributed by atoms with van der Waals surface area (Å²) in [6.45, 7) is 0.627. The maximum atomic E-state index is 6.16. The van der Waals surface area contributed by atoms with Crippen molar-refractivity contribution in [1.82, 2.24) is 0 Å². The van der Waals surface area contributed by atoms with Gasteiger partial charge in [0.1, 0.15) is 11.5 Å². The first kappa shape index (κ1) is 15.9. The summed E-state index contributed by atoms with van der Waals surface area (Å²) in [6.07, 6.45) is 1.64. The highest BCUT2D eigenvalue weighted by molar-refractivity contribution is 9.10. The van der Waals surface area contributed by atoms with Crippen LogP contribution in [-0.4, -0.2) is 19.8 Å². The molecule has 0 aliphatic carbocycles. The van der Waals surface area contributed by atoms with Crippen LogP contribution >= 0.6 is 15.9 Å². The summed E-state index contributed by atoms with van der Waals surface area (Å²) in [7, 11) is 1.66. The van der Waals surface area contributed by atoms with E-state index in [4.69, 9.17) is 15.2 Å². The van der Waals surface area contributed by atoms with Gasteiger partial charge in [0, 0.05) is 6.04 Å². The molecule has 4 heteroatoms. The first-order valence-corrected chi connectivity index (χ1v) is 7.74. The zero-order chi connectivity index (χ0) is 15.1. The number of para-hydroxylation sites is 1. The third kappa shape index (κ3) is 5.06. The Morgan fingerprint density at radius 2 is 1.90 bits per heavy atom. The van der Waals surface area contributed by atoms with Crippen molar-refractivity contribution in [2.75, 3.05) is 13.7 Å². The summed E-state index contributed by atoms with van der Waals surface area (Å²) in [4.78, 5) is 0. The molecule has 0 spiro atoms. The Balaban J connectivity index is 1.79. The molecule has 21 heavy (non-hydrogen) atoms. The molecule has 0 aliphatic heterocycles. The van der Waals surface area contributed by atoms with E-state index in [0.717, 1.165) is 28.8 Å². The summed E-state index contributed by atoms with van der Waals surface area (Å²) in [5, 5.41) is 0. The minimum absolute atomic E-state index is 0.0778. The van der Waals surface area contributed by atoms with E-state index in [1.54, 1.807) is 7.11 Å². The predicted molar refractivity (Wildman–Crippen MR) is 88.9 cm³/mol. The quantitative estimate of drug-likeness (QED) is 0.826. The van der Waals surface area contributed by atoms with Gasteiger partial charge < -0.3 is 15.2 Å². The van der Waals surface area contributed by atoms with Crippen molar-refractivity contribution < 1.29 is 9.47 Å². The van der Waals surface area contributed by atoms with Gasteiger partial charge in [-0.3, -0.25) is 0 Å². The second-order valence-corrected chi connectivity index (χ2v) is 5.74. The number of ether oxygens (including phenoxy) is 2. The molecule has 0 amide bonds. The average molecular weight is 350 g/mol. The number of hydrogen-bond donors (Lipinski definition) is 1. The molecule has 0 aromatic heterocycles. The third-order valence-electron chi connectivity index (χ3n) is 3.21. The van der Waals surface area contributed by atoms with Crippen LogP contribution < -0.4 is 15.2 Å². The van der Waals surface area contributed by atoms with E-state index in [1.165, 1.54) is 5.56 Å². The number of rotatable bonds is 7. The van der Waals surface area contributed by atoms with Crippen LogP contribution in [-0.2, 0) is 6.42 Å². The molecule has 0 saturated heterocycles. The number of nitrogens with two attached hydrogens (primary N) is 1. The van der Waals surface area contributed by atoms with Crippen molar-refractivity contribution >= 4 is 15.9 Å². The van der Waals surface area contributed by atoms with Crippen LogP contribution in [0.2, 0.25) is 0 Å². The highest BCUT2D eigenvalue weighted by Crippen LogP contribution is 2.26. The van der Waals surface area contributed by atoms with Crippen LogP contribution in [0.4, 0.5) is 0 Å². The van der Waals surface area contributed by atoms with Crippen LogP contribution in [0.3, 0.4) is 0 Å². The zero-order valence-corrected chi connectivity index (χ0v) is 13.7. The van der Waals surface area contributed by atoms with Crippen molar-refractivity contribution in [3.8, 4) is 11.5 Å². The lowest BCUT2D eigenvalue weighted by atomic mass is 10.0. The van der Waals surface area contributed by atoms with Gasteiger partial charge in [-0.15, -0.1) is 0 Å². The summed E-state index contributed by atoms with van der Waals surface area (Å²) in [5.41, 5.74) is 7.35. The van der Waals surface area contributed by atoms with Gasteiger partial charge >= 0.3 is 0 Å². The summed E-state index contributed by atoms with van der Waals surface area (Å²) in [5.74, 6) is 1.72. The normalized spacial score (nSPS) is 12.0. The number of halogens is 1. The SMILES string of the molecule is COc1ccc(CC(N)CCOc2ccccc2)cc1Br. The van der Waals surface area contributed by atoms with Crippen molar-refractivity contribution in [1.29, 1.82) is 0 Å². The predicted octanol–water partition coefficient (Wildman–Crippen LogP) is 3.80. The van der Waals surface area contributed by atoms with E-state index < -0.39 is 0 Å². The Hall–Kier alpha value is -1.52. The Kier molecular flexibility index (Phi) is 6.08. The van der Waals surface area contributed by atoms with Crippen molar-refractivity contribution in [2.45, 2.75) is 18.9 Å². The summed E-state index contributed by atoms with van der Waals surface area (Å²) in [6, 6.07) is 15.9. The van der Waals surface area contributed by atoms with Crippen LogP contribution in [0.15, 0.2) is 53.0 Å². The summed E-state index contributed by atoms with van der Waals surface area (Å²) < 4.78 is 11.8. The van der Waals surface area contributed by atoms with Crippen LogP contribution in [0.5, 0.6) is 11.5 Å². The minimum atomic E-state index is 0.0778. The standard InChI is InChI=1S/C17H20BrNO2/c1-20-17-8-7-13(12-16(17)18)11-14(19)9-10-21-15-5-3-2-4-6-15/h2-8,12,14H,9-11,19H2,1H3. The van der Waals surface area contributed by atoms with Gasteiger partial charge in [0.05, 0.1) is 18.2 Å². The highest BCUT2D eigenvalue weighted by atomic mass is 79.9. The van der Waals surface area contributed by atoms with E-state index in [0.29, 0.717) is 6.61 Å². The lowest BCUT2D eigenvalue weighted by molar-refractivity contribution is 0.297. The molecule has 0 radical (unpaired) electrons. The fourth-order valence-corrected chi connectivity index (χ4v) is 2.67. The average Bonchev–Trinajstić information content (AvgIpc) is 2.48. The van der Waals surface area contributed by atoms with Crippen molar-refractivity contribution in [2.24, 2.45) is 5.73 Å². The van der Waals surface area contributed by atoms with E-state index in [-0.39, 0.29) is 6.04 Å². The Labute approximate surface area is 134 Å². The molecule has 1 unspecified atom stereocenters. The third-order valence-corrected chi connectivity index (χ3v) is 3.83. The molecule has 3 nitrogen and oxygen atoms in total. The smallest absolute Gasteiger partial charge is 0.133 e. The zero-order valence-electron chi connectivity index (χ0n) is 12.1. The molecule has 112 valence electrons. The fraction of sp³-hybridized carbons (Fsp3) is 0.294. The molecule has 1 atom stereocenters. The topological polar surface area (TPSA) is 44.5 Å². The molecule has 2 aromatic rings. The highest BCUT2D eigenvalue weighted by Gasteiger charge is 2.07. The van der Waals surface area contributed by atoms with Crippen LogP contribution in [0.1, 0.15) is 12.0 Å². The van der Waals surface area contributed by atoms with Crippen LogP contribution in [0, 0.1) is 0 Å². The monoisotopic (exact) mass is 349 g/mol. The molecule has 2 rings (SSSR count). The fourth-order valence-electron chi connectivity index (χ4n) is 2.09. The first-order valence-electron chi connectivity index (χ1n) is 6.95. The van der Waals surface area contributed by atoms with Gasteiger partial charge in [0.2, 0.25) is 0 Å². The van der Waals surface area contributed by atoms with Gasteiger partial charge in [0.15, 0.2) is 0 Å².